The van der Waals surface area contributed by atoms with Gasteiger partial charge in [-0.2, -0.15) is 0 Å². The summed E-state index contributed by atoms with van der Waals surface area (Å²) in [6.07, 6.45) is 4.29. The lowest BCUT2D eigenvalue weighted by Gasteiger charge is -2.41. The van der Waals surface area contributed by atoms with Gasteiger partial charge in [0.15, 0.2) is 0 Å². The molecule has 0 bridgehead atoms. The zero-order valence-corrected chi connectivity index (χ0v) is 10.6. The van der Waals surface area contributed by atoms with Gasteiger partial charge >= 0.3 is 0 Å². The SMILES string of the molecule is CC1CCC2(CCN(C(C)C)C2)OC1C. The van der Waals surface area contributed by atoms with Crippen molar-refractivity contribution >= 4 is 0 Å². The topological polar surface area (TPSA) is 12.5 Å². The van der Waals surface area contributed by atoms with Crippen LogP contribution in [0.15, 0.2) is 0 Å². The summed E-state index contributed by atoms with van der Waals surface area (Å²) >= 11 is 0. The van der Waals surface area contributed by atoms with Crippen LogP contribution >= 0.6 is 0 Å². The van der Waals surface area contributed by atoms with Crippen molar-refractivity contribution in [3.8, 4) is 0 Å². The largest absolute Gasteiger partial charge is 0.370 e. The van der Waals surface area contributed by atoms with Gasteiger partial charge in [-0.15, -0.1) is 0 Å². The second kappa shape index (κ2) is 4.06. The molecule has 0 radical (unpaired) electrons. The minimum absolute atomic E-state index is 0.205. The molecule has 0 aromatic carbocycles. The van der Waals surface area contributed by atoms with Crippen LogP contribution in [0, 0.1) is 5.92 Å². The van der Waals surface area contributed by atoms with Crippen molar-refractivity contribution in [3.63, 3.8) is 0 Å². The van der Waals surface area contributed by atoms with Crippen LogP contribution in [0.2, 0.25) is 0 Å². The maximum atomic E-state index is 6.29. The lowest BCUT2D eigenvalue weighted by molar-refractivity contribution is -0.136. The van der Waals surface area contributed by atoms with Crippen LogP contribution in [0.1, 0.15) is 47.0 Å². The molecule has 0 N–H and O–H groups in total. The highest BCUT2D eigenvalue weighted by molar-refractivity contribution is 4.96. The molecule has 2 aliphatic heterocycles. The van der Waals surface area contributed by atoms with Crippen LogP contribution in [-0.2, 0) is 4.74 Å². The Labute approximate surface area is 94.0 Å². The average Bonchev–Trinajstić information content (AvgIpc) is 2.57. The third kappa shape index (κ3) is 2.21. The van der Waals surface area contributed by atoms with E-state index in [0.29, 0.717) is 12.1 Å². The van der Waals surface area contributed by atoms with Crippen molar-refractivity contribution in [2.75, 3.05) is 13.1 Å². The minimum Gasteiger partial charge on any atom is -0.370 e. The van der Waals surface area contributed by atoms with Crippen LogP contribution < -0.4 is 0 Å². The Kier molecular flexibility index (Phi) is 3.09. The maximum absolute atomic E-state index is 6.29. The third-order valence-corrected chi connectivity index (χ3v) is 4.37. The van der Waals surface area contributed by atoms with E-state index in [1.165, 1.54) is 25.8 Å². The van der Waals surface area contributed by atoms with Gasteiger partial charge in [0.1, 0.15) is 0 Å². The number of hydrogen-bond donors (Lipinski definition) is 0. The quantitative estimate of drug-likeness (QED) is 0.661. The Morgan fingerprint density at radius 1 is 1.27 bits per heavy atom. The highest BCUT2D eigenvalue weighted by atomic mass is 16.5. The first-order chi connectivity index (χ1) is 7.02. The van der Waals surface area contributed by atoms with Crippen molar-refractivity contribution in [2.24, 2.45) is 5.92 Å². The van der Waals surface area contributed by atoms with Crippen molar-refractivity contribution in [1.82, 2.24) is 4.90 Å². The van der Waals surface area contributed by atoms with Gasteiger partial charge in [0, 0.05) is 19.1 Å². The molecule has 15 heavy (non-hydrogen) atoms. The van der Waals surface area contributed by atoms with E-state index >= 15 is 0 Å². The van der Waals surface area contributed by atoms with Gasteiger partial charge in [-0.3, -0.25) is 4.90 Å². The molecule has 0 aromatic rings. The molecule has 0 aliphatic carbocycles. The average molecular weight is 211 g/mol. The molecular weight excluding hydrogens is 186 g/mol. The van der Waals surface area contributed by atoms with Gasteiger partial charge in [-0.1, -0.05) is 6.92 Å². The second-order valence-electron chi connectivity index (χ2n) is 5.84. The van der Waals surface area contributed by atoms with Gasteiger partial charge in [-0.25, -0.2) is 0 Å². The molecule has 2 nitrogen and oxygen atoms in total. The van der Waals surface area contributed by atoms with Crippen LogP contribution in [0.25, 0.3) is 0 Å². The van der Waals surface area contributed by atoms with Crippen molar-refractivity contribution < 1.29 is 4.74 Å². The fourth-order valence-electron chi connectivity index (χ4n) is 2.91. The van der Waals surface area contributed by atoms with E-state index < -0.39 is 0 Å². The third-order valence-electron chi connectivity index (χ3n) is 4.37. The smallest absolute Gasteiger partial charge is 0.0824 e. The molecule has 2 saturated heterocycles. The molecule has 2 heterocycles. The summed E-state index contributed by atoms with van der Waals surface area (Å²) in [5.74, 6) is 0.740. The molecule has 0 amide bonds. The number of nitrogens with zero attached hydrogens (tertiary/aromatic N) is 1. The standard InChI is InChI=1S/C13H25NO/c1-10(2)14-8-7-13(9-14)6-5-11(3)12(4)15-13/h10-12H,5-9H2,1-4H3. The summed E-state index contributed by atoms with van der Waals surface area (Å²) < 4.78 is 6.29. The van der Waals surface area contributed by atoms with Gasteiger partial charge < -0.3 is 4.74 Å². The number of hydrogen-bond acceptors (Lipinski definition) is 2. The molecule has 2 heteroatoms. The van der Waals surface area contributed by atoms with Crippen LogP contribution in [-0.4, -0.2) is 35.7 Å². The van der Waals surface area contributed by atoms with E-state index in [-0.39, 0.29) is 5.60 Å². The summed E-state index contributed by atoms with van der Waals surface area (Å²) in [5, 5.41) is 0. The normalized spacial score (nSPS) is 43.0. The Hall–Kier alpha value is -0.0800. The lowest BCUT2D eigenvalue weighted by atomic mass is 9.85. The van der Waals surface area contributed by atoms with E-state index in [1.807, 2.05) is 0 Å². The second-order valence-corrected chi connectivity index (χ2v) is 5.84. The summed E-state index contributed by atoms with van der Waals surface area (Å²) in [5.41, 5.74) is 0.205. The molecule has 1 spiro atoms. The molecule has 2 aliphatic rings. The van der Waals surface area contributed by atoms with Gasteiger partial charge in [0.05, 0.1) is 11.7 Å². The lowest BCUT2D eigenvalue weighted by Crippen LogP contribution is -2.45. The summed E-state index contributed by atoms with van der Waals surface area (Å²) in [7, 11) is 0. The minimum atomic E-state index is 0.205. The molecule has 2 fully saturated rings. The predicted octanol–water partition coefficient (Wildman–Crippen LogP) is 2.67. The zero-order valence-electron chi connectivity index (χ0n) is 10.6. The highest BCUT2D eigenvalue weighted by Crippen LogP contribution is 2.39. The first-order valence-corrected chi connectivity index (χ1v) is 6.44. The number of likely N-dealkylation sites (tertiary alicyclic amines) is 1. The Bertz CT molecular complexity index is 229. The molecular formula is C13H25NO. The Morgan fingerprint density at radius 2 is 2.00 bits per heavy atom. The Morgan fingerprint density at radius 3 is 2.53 bits per heavy atom. The summed E-state index contributed by atoms with van der Waals surface area (Å²) in [6, 6.07) is 0.669. The first-order valence-electron chi connectivity index (χ1n) is 6.44. The van der Waals surface area contributed by atoms with E-state index in [1.54, 1.807) is 0 Å². The molecule has 88 valence electrons. The van der Waals surface area contributed by atoms with E-state index in [4.69, 9.17) is 4.74 Å². The zero-order chi connectivity index (χ0) is 11.1. The van der Waals surface area contributed by atoms with Crippen molar-refractivity contribution in [3.05, 3.63) is 0 Å². The predicted molar refractivity (Wildman–Crippen MR) is 63.0 cm³/mol. The van der Waals surface area contributed by atoms with Crippen molar-refractivity contribution in [2.45, 2.75) is 64.7 Å². The summed E-state index contributed by atoms with van der Waals surface area (Å²) in [6.45, 7) is 11.5. The van der Waals surface area contributed by atoms with Crippen LogP contribution in [0.4, 0.5) is 0 Å². The molecule has 0 aromatic heterocycles. The maximum Gasteiger partial charge on any atom is 0.0824 e. The fourth-order valence-corrected chi connectivity index (χ4v) is 2.91. The number of rotatable bonds is 1. The van der Waals surface area contributed by atoms with Gasteiger partial charge in [-0.05, 0) is 46.0 Å². The Balaban J connectivity index is 1.98. The van der Waals surface area contributed by atoms with Crippen LogP contribution in [0.5, 0.6) is 0 Å². The monoisotopic (exact) mass is 211 g/mol. The van der Waals surface area contributed by atoms with Gasteiger partial charge in [0.25, 0.3) is 0 Å². The van der Waals surface area contributed by atoms with E-state index in [9.17, 15) is 0 Å². The molecule has 2 rings (SSSR count). The molecule has 3 unspecified atom stereocenters. The van der Waals surface area contributed by atoms with E-state index in [0.717, 1.165) is 12.5 Å². The van der Waals surface area contributed by atoms with E-state index in [2.05, 4.69) is 32.6 Å². The summed E-state index contributed by atoms with van der Waals surface area (Å²) in [4.78, 5) is 2.56. The fraction of sp³-hybridized carbons (Fsp3) is 1.00. The molecule has 0 saturated carbocycles. The molecule has 3 atom stereocenters. The highest BCUT2D eigenvalue weighted by Gasteiger charge is 2.44. The first kappa shape index (κ1) is 11.4. The van der Waals surface area contributed by atoms with Crippen molar-refractivity contribution in [1.29, 1.82) is 0 Å². The van der Waals surface area contributed by atoms with Gasteiger partial charge in [0.2, 0.25) is 0 Å². The van der Waals surface area contributed by atoms with Crippen LogP contribution in [0.3, 0.4) is 0 Å². The number of ether oxygens (including phenoxy) is 1.